The van der Waals surface area contributed by atoms with Crippen LogP contribution in [0.25, 0.3) is 0 Å². The molecule has 0 fully saturated rings. The second-order valence-corrected chi connectivity index (χ2v) is 3.57. The number of carbonyl (C=O) groups is 1. The number of esters is 1. The van der Waals surface area contributed by atoms with Crippen molar-refractivity contribution in [3.8, 4) is 0 Å². The highest BCUT2D eigenvalue weighted by Crippen LogP contribution is 2.11. The molecule has 0 aliphatic rings. The van der Waals surface area contributed by atoms with E-state index in [1.807, 2.05) is 13.8 Å². The summed E-state index contributed by atoms with van der Waals surface area (Å²) < 4.78 is 5.35. The predicted molar refractivity (Wildman–Crippen MR) is 54.5 cm³/mol. The lowest BCUT2D eigenvalue weighted by Gasteiger charge is -2.17. The van der Waals surface area contributed by atoms with Crippen molar-refractivity contribution in [3.05, 3.63) is 0 Å². The quantitative estimate of drug-likeness (QED) is 0.596. The molecule has 0 aromatic heterocycles. The van der Waals surface area contributed by atoms with E-state index in [4.69, 9.17) is 4.74 Å². The lowest BCUT2D eigenvalue weighted by atomic mass is 10.1. The topological polar surface area (TPSA) is 26.3 Å². The van der Waals surface area contributed by atoms with Gasteiger partial charge in [0.05, 0.1) is 5.92 Å². The number of hydrogen-bond acceptors (Lipinski definition) is 2. The van der Waals surface area contributed by atoms with Crippen LogP contribution in [-0.2, 0) is 9.53 Å². The molecule has 0 aromatic rings. The van der Waals surface area contributed by atoms with Crippen molar-refractivity contribution in [2.75, 3.05) is 0 Å². The molecule has 2 unspecified atom stereocenters. The van der Waals surface area contributed by atoms with Crippen molar-refractivity contribution in [1.82, 2.24) is 0 Å². The van der Waals surface area contributed by atoms with Crippen LogP contribution in [0, 0.1) is 5.92 Å². The van der Waals surface area contributed by atoms with Crippen molar-refractivity contribution < 1.29 is 9.53 Å². The second kappa shape index (κ2) is 6.93. The van der Waals surface area contributed by atoms with Gasteiger partial charge in [0.2, 0.25) is 0 Å². The highest BCUT2D eigenvalue weighted by molar-refractivity contribution is 5.72. The largest absolute Gasteiger partial charge is 0.462 e. The van der Waals surface area contributed by atoms with Crippen LogP contribution in [0.4, 0.5) is 0 Å². The first-order valence-electron chi connectivity index (χ1n) is 5.36. The van der Waals surface area contributed by atoms with Crippen LogP contribution in [0.5, 0.6) is 0 Å². The molecule has 0 heterocycles. The molecule has 0 spiro atoms. The monoisotopic (exact) mass is 186 g/mol. The summed E-state index contributed by atoms with van der Waals surface area (Å²) in [5.41, 5.74) is 0. The van der Waals surface area contributed by atoms with Crippen LogP contribution in [0.3, 0.4) is 0 Å². The third-order valence-electron chi connectivity index (χ3n) is 2.36. The molecular weight excluding hydrogens is 164 g/mol. The van der Waals surface area contributed by atoms with E-state index < -0.39 is 0 Å². The van der Waals surface area contributed by atoms with Gasteiger partial charge in [-0.05, 0) is 19.3 Å². The highest BCUT2D eigenvalue weighted by Gasteiger charge is 2.16. The van der Waals surface area contributed by atoms with Gasteiger partial charge in [0.25, 0.3) is 0 Å². The van der Waals surface area contributed by atoms with E-state index in [1.54, 1.807) is 0 Å². The van der Waals surface area contributed by atoms with Gasteiger partial charge in [0.15, 0.2) is 0 Å². The number of hydrogen-bond donors (Lipinski definition) is 0. The molecule has 0 rings (SSSR count). The fraction of sp³-hybridized carbons (Fsp3) is 0.909. The van der Waals surface area contributed by atoms with E-state index in [9.17, 15) is 4.79 Å². The Kier molecular flexibility index (Phi) is 6.65. The fourth-order valence-corrected chi connectivity index (χ4v) is 1.12. The molecule has 13 heavy (non-hydrogen) atoms. The maximum absolute atomic E-state index is 11.4. The van der Waals surface area contributed by atoms with Gasteiger partial charge in [-0.2, -0.15) is 0 Å². The summed E-state index contributed by atoms with van der Waals surface area (Å²) in [7, 11) is 0. The van der Waals surface area contributed by atoms with Gasteiger partial charge in [0, 0.05) is 0 Å². The minimum absolute atomic E-state index is 0.0391. The smallest absolute Gasteiger partial charge is 0.308 e. The number of rotatable bonds is 6. The second-order valence-electron chi connectivity index (χ2n) is 3.57. The summed E-state index contributed by atoms with van der Waals surface area (Å²) in [6.45, 7) is 8.09. The van der Waals surface area contributed by atoms with Crippen molar-refractivity contribution in [2.45, 2.75) is 59.5 Å². The molecule has 2 atom stereocenters. The van der Waals surface area contributed by atoms with Crippen LogP contribution < -0.4 is 0 Å². The van der Waals surface area contributed by atoms with Crippen LogP contribution >= 0.6 is 0 Å². The van der Waals surface area contributed by atoms with Gasteiger partial charge < -0.3 is 4.74 Å². The van der Waals surface area contributed by atoms with E-state index in [-0.39, 0.29) is 18.0 Å². The summed E-state index contributed by atoms with van der Waals surface area (Å²) in [4.78, 5) is 11.4. The van der Waals surface area contributed by atoms with Crippen molar-refractivity contribution in [2.24, 2.45) is 5.92 Å². The summed E-state index contributed by atoms with van der Waals surface area (Å²) in [6, 6.07) is 0. The summed E-state index contributed by atoms with van der Waals surface area (Å²) >= 11 is 0. The molecule has 78 valence electrons. The maximum Gasteiger partial charge on any atom is 0.308 e. The molecule has 0 saturated carbocycles. The summed E-state index contributed by atoms with van der Waals surface area (Å²) in [6.07, 6.45) is 3.98. The Bertz CT molecular complexity index is 143. The summed E-state index contributed by atoms with van der Waals surface area (Å²) in [5, 5.41) is 0. The first kappa shape index (κ1) is 12.5. The molecule has 0 radical (unpaired) electrons. The van der Waals surface area contributed by atoms with Crippen LogP contribution in [0.1, 0.15) is 53.4 Å². The number of ether oxygens (including phenoxy) is 1. The van der Waals surface area contributed by atoms with Crippen molar-refractivity contribution in [1.29, 1.82) is 0 Å². The molecule has 0 aromatic carbocycles. The van der Waals surface area contributed by atoms with Crippen LogP contribution in [0.2, 0.25) is 0 Å². The molecular formula is C11H22O2. The van der Waals surface area contributed by atoms with E-state index in [0.717, 1.165) is 25.7 Å². The van der Waals surface area contributed by atoms with E-state index in [2.05, 4.69) is 13.8 Å². The Morgan fingerprint density at radius 1 is 1.23 bits per heavy atom. The molecule has 0 N–H and O–H groups in total. The van der Waals surface area contributed by atoms with Gasteiger partial charge in [0.1, 0.15) is 6.10 Å². The average Bonchev–Trinajstić information content (AvgIpc) is 2.15. The normalized spacial score (nSPS) is 15.1. The maximum atomic E-state index is 11.4. The zero-order valence-electron chi connectivity index (χ0n) is 9.30. The van der Waals surface area contributed by atoms with Gasteiger partial charge in [-0.3, -0.25) is 4.79 Å². The van der Waals surface area contributed by atoms with Gasteiger partial charge >= 0.3 is 5.97 Å². The Balaban J connectivity index is 3.85. The highest BCUT2D eigenvalue weighted by atomic mass is 16.5. The Labute approximate surface area is 81.7 Å². The standard InChI is InChI=1S/C11H22O2/c1-5-8-10(7-3)13-11(12)9(4)6-2/h9-10H,5-8H2,1-4H3. The molecule has 0 aliphatic carbocycles. The molecule has 0 saturated heterocycles. The molecule has 0 amide bonds. The van der Waals surface area contributed by atoms with E-state index in [1.165, 1.54) is 0 Å². The third-order valence-corrected chi connectivity index (χ3v) is 2.36. The molecule has 0 aliphatic heterocycles. The predicted octanol–water partition coefficient (Wildman–Crippen LogP) is 3.15. The van der Waals surface area contributed by atoms with Crippen molar-refractivity contribution >= 4 is 5.97 Å². The van der Waals surface area contributed by atoms with Gasteiger partial charge in [-0.25, -0.2) is 0 Å². The van der Waals surface area contributed by atoms with Crippen molar-refractivity contribution in [3.63, 3.8) is 0 Å². The van der Waals surface area contributed by atoms with Crippen LogP contribution in [-0.4, -0.2) is 12.1 Å². The SMILES string of the molecule is CCCC(CC)OC(=O)C(C)CC. The minimum atomic E-state index is -0.0391. The summed E-state index contributed by atoms with van der Waals surface area (Å²) in [5.74, 6) is 0.00806. The van der Waals surface area contributed by atoms with Crippen LogP contribution in [0.15, 0.2) is 0 Å². The lowest BCUT2D eigenvalue weighted by molar-refractivity contribution is -0.154. The average molecular weight is 186 g/mol. The zero-order valence-corrected chi connectivity index (χ0v) is 9.30. The lowest BCUT2D eigenvalue weighted by Crippen LogP contribution is -2.21. The Morgan fingerprint density at radius 3 is 2.23 bits per heavy atom. The Hall–Kier alpha value is -0.530. The zero-order chi connectivity index (χ0) is 10.3. The molecule has 2 nitrogen and oxygen atoms in total. The molecule has 2 heteroatoms. The van der Waals surface area contributed by atoms with Gasteiger partial charge in [-0.15, -0.1) is 0 Å². The number of carbonyl (C=O) groups excluding carboxylic acids is 1. The van der Waals surface area contributed by atoms with Gasteiger partial charge in [-0.1, -0.05) is 34.1 Å². The molecule has 0 bridgehead atoms. The Morgan fingerprint density at radius 2 is 1.85 bits per heavy atom. The van der Waals surface area contributed by atoms with E-state index >= 15 is 0 Å². The first-order chi connectivity index (χ1) is 6.15. The first-order valence-corrected chi connectivity index (χ1v) is 5.36. The third kappa shape index (κ3) is 4.91. The van der Waals surface area contributed by atoms with E-state index in [0.29, 0.717) is 0 Å². The minimum Gasteiger partial charge on any atom is -0.462 e. The fourth-order valence-electron chi connectivity index (χ4n) is 1.12.